The van der Waals surface area contributed by atoms with Crippen molar-refractivity contribution in [1.82, 2.24) is 25.0 Å². The van der Waals surface area contributed by atoms with Gasteiger partial charge in [-0.25, -0.2) is 9.98 Å². The number of aryl methyl sites for hydroxylation is 1. The number of pyridine rings is 1. The number of halogens is 1. The predicted octanol–water partition coefficient (Wildman–Crippen LogP) is 2.57. The maximum absolute atomic E-state index is 5.97. The van der Waals surface area contributed by atoms with Gasteiger partial charge in [-0.15, -0.1) is 24.0 Å². The van der Waals surface area contributed by atoms with Crippen LogP contribution in [0.3, 0.4) is 0 Å². The van der Waals surface area contributed by atoms with Crippen molar-refractivity contribution in [3.8, 4) is 0 Å². The van der Waals surface area contributed by atoms with E-state index in [1.54, 1.807) is 0 Å². The van der Waals surface area contributed by atoms with Crippen molar-refractivity contribution < 1.29 is 4.74 Å². The summed E-state index contributed by atoms with van der Waals surface area (Å²) in [5, 5.41) is 7.70. The zero-order valence-electron chi connectivity index (χ0n) is 17.8. The summed E-state index contributed by atoms with van der Waals surface area (Å²) in [6.45, 7) is 8.05. The summed E-state index contributed by atoms with van der Waals surface area (Å²) in [6, 6.07) is 4.27. The van der Waals surface area contributed by atoms with Crippen LogP contribution in [0.1, 0.15) is 37.0 Å². The van der Waals surface area contributed by atoms with E-state index < -0.39 is 0 Å². The number of hydrogen-bond acceptors (Lipinski definition) is 5. The van der Waals surface area contributed by atoms with Crippen LogP contribution in [0.5, 0.6) is 0 Å². The van der Waals surface area contributed by atoms with Gasteiger partial charge in [-0.2, -0.15) is 5.10 Å². The maximum Gasteiger partial charge on any atom is 0.194 e. The minimum atomic E-state index is 0. The highest BCUT2D eigenvalue weighted by Gasteiger charge is 2.25. The van der Waals surface area contributed by atoms with Crippen LogP contribution < -0.4 is 10.2 Å². The number of morpholine rings is 1. The standard InChI is InChI=1S/C21H31N7O.HI/c1-3-22-21(28-10-11-29-19(16-28)18-14-25-26(2)15-18)24-13-17-6-7-20(23-12-17)27-8-4-5-9-27;/h6-7,12,14-15,19H,3-5,8-11,13,16H2,1-2H3,(H,22,24);1H. The molecule has 0 aliphatic carbocycles. The molecule has 4 heterocycles. The van der Waals surface area contributed by atoms with Crippen LogP contribution in [0, 0.1) is 0 Å². The largest absolute Gasteiger partial charge is 0.370 e. The molecular formula is C21H32IN7O. The van der Waals surface area contributed by atoms with E-state index in [1.807, 2.05) is 30.3 Å². The normalized spacial score (nSPS) is 19.7. The highest BCUT2D eigenvalue weighted by atomic mass is 127. The van der Waals surface area contributed by atoms with Gasteiger partial charge < -0.3 is 19.9 Å². The van der Waals surface area contributed by atoms with Gasteiger partial charge in [-0.05, 0) is 31.4 Å². The maximum atomic E-state index is 5.97. The van der Waals surface area contributed by atoms with Gasteiger partial charge in [0, 0.05) is 51.2 Å². The van der Waals surface area contributed by atoms with Crippen molar-refractivity contribution in [3.63, 3.8) is 0 Å². The fraction of sp³-hybridized carbons (Fsp3) is 0.571. The van der Waals surface area contributed by atoms with Crippen LogP contribution in [-0.4, -0.2) is 65.0 Å². The van der Waals surface area contributed by atoms with E-state index in [1.165, 1.54) is 12.8 Å². The number of aromatic nitrogens is 3. The number of hydrogen-bond donors (Lipinski definition) is 1. The van der Waals surface area contributed by atoms with E-state index >= 15 is 0 Å². The number of guanidine groups is 1. The van der Waals surface area contributed by atoms with Gasteiger partial charge in [0.05, 0.1) is 25.9 Å². The van der Waals surface area contributed by atoms with Gasteiger partial charge in [-0.3, -0.25) is 4.68 Å². The van der Waals surface area contributed by atoms with Crippen molar-refractivity contribution in [2.45, 2.75) is 32.4 Å². The number of aliphatic imine (C=N–C) groups is 1. The highest BCUT2D eigenvalue weighted by molar-refractivity contribution is 14.0. The molecule has 2 aliphatic rings. The lowest BCUT2D eigenvalue weighted by Gasteiger charge is -2.34. The average molecular weight is 525 g/mol. The smallest absolute Gasteiger partial charge is 0.194 e. The zero-order chi connectivity index (χ0) is 20.1. The Balaban J connectivity index is 0.00000256. The Hall–Kier alpha value is -1.88. The van der Waals surface area contributed by atoms with E-state index in [4.69, 9.17) is 9.73 Å². The summed E-state index contributed by atoms with van der Waals surface area (Å²) < 4.78 is 7.78. The molecular weight excluding hydrogens is 493 g/mol. The fourth-order valence-corrected chi connectivity index (χ4v) is 3.89. The van der Waals surface area contributed by atoms with E-state index in [2.05, 4.69) is 44.3 Å². The Morgan fingerprint density at radius 3 is 2.73 bits per heavy atom. The lowest BCUT2D eigenvalue weighted by Crippen LogP contribution is -2.48. The average Bonchev–Trinajstić information content (AvgIpc) is 3.44. The molecule has 1 N–H and O–H groups in total. The molecule has 1 atom stereocenters. The monoisotopic (exact) mass is 525 g/mol. The summed E-state index contributed by atoms with van der Waals surface area (Å²) in [6.07, 6.45) is 8.40. The van der Waals surface area contributed by atoms with E-state index in [0.29, 0.717) is 13.2 Å². The van der Waals surface area contributed by atoms with Crippen LogP contribution in [0.25, 0.3) is 0 Å². The molecule has 1 unspecified atom stereocenters. The summed E-state index contributed by atoms with van der Waals surface area (Å²) >= 11 is 0. The number of anilines is 1. The van der Waals surface area contributed by atoms with Crippen molar-refractivity contribution in [3.05, 3.63) is 41.9 Å². The summed E-state index contributed by atoms with van der Waals surface area (Å²) in [7, 11) is 1.93. The molecule has 0 amide bonds. The topological polar surface area (TPSA) is 70.8 Å². The Labute approximate surface area is 195 Å². The number of rotatable bonds is 5. The quantitative estimate of drug-likeness (QED) is 0.368. The van der Waals surface area contributed by atoms with Gasteiger partial charge in [0.1, 0.15) is 11.9 Å². The number of nitrogens with zero attached hydrogens (tertiary/aromatic N) is 6. The molecule has 2 aromatic rings. The third-order valence-electron chi connectivity index (χ3n) is 5.45. The predicted molar refractivity (Wildman–Crippen MR) is 129 cm³/mol. The number of nitrogens with one attached hydrogen (secondary N) is 1. The van der Waals surface area contributed by atoms with Crippen LogP contribution in [-0.2, 0) is 18.3 Å². The third-order valence-corrected chi connectivity index (χ3v) is 5.45. The summed E-state index contributed by atoms with van der Waals surface area (Å²) in [5.74, 6) is 2.00. The third kappa shape index (κ3) is 5.63. The first-order valence-electron chi connectivity index (χ1n) is 10.6. The molecule has 0 aromatic carbocycles. The molecule has 9 heteroatoms. The molecule has 8 nitrogen and oxygen atoms in total. The molecule has 2 saturated heterocycles. The molecule has 2 aliphatic heterocycles. The van der Waals surface area contributed by atoms with Crippen LogP contribution in [0.2, 0.25) is 0 Å². The lowest BCUT2D eigenvalue weighted by molar-refractivity contribution is -0.00805. The molecule has 30 heavy (non-hydrogen) atoms. The molecule has 2 fully saturated rings. The van der Waals surface area contributed by atoms with E-state index in [9.17, 15) is 0 Å². The number of ether oxygens (including phenoxy) is 1. The molecule has 0 radical (unpaired) electrons. The SMILES string of the molecule is CCNC(=NCc1ccc(N2CCCC2)nc1)N1CCOC(c2cnn(C)c2)C1.I. The van der Waals surface area contributed by atoms with Gasteiger partial charge in [0.25, 0.3) is 0 Å². The Bertz CT molecular complexity index is 817. The van der Waals surface area contributed by atoms with E-state index in [0.717, 1.165) is 55.6 Å². The van der Waals surface area contributed by atoms with E-state index in [-0.39, 0.29) is 30.1 Å². The van der Waals surface area contributed by atoms with Gasteiger partial charge >= 0.3 is 0 Å². The van der Waals surface area contributed by atoms with Crippen molar-refractivity contribution in [1.29, 1.82) is 0 Å². The lowest BCUT2D eigenvalue weighted by atomic mass is 10.1. The second-order valence-corrected chi connectivity index (χ2v) is 7.64. The summed E-state index contributed by atoms with van der Waals surface area (Å²) in [4.78, 5) is 14.1. The van der Waals surface area contributed by atoms with Gasteiger partial charge in [0.2, 0.25) is 0 Å². The summed E-state index contributed by atoms with van der Waals surface area (Å²) in [5.41, 5.74) is 2.23. The molecule has 0 spiro atoms. The Kier molecular flexibility index (Phi) is 8.32. The molecule has 164 valence electrons. The first kappa shape index (κ1) is 22.8. The van der Waals surface area contributed by atoms with Crippen molar-refractivity contribution in [2.75, 3.05) is 44.2 Å². The van der Waals surface area contributed by atoms with Crippen molar-refractivity contribution in [2.24, 2.45) is 12.0 Å². The first-order valence-corrected chi connectivity index (χ1v) is 10.6. The van der Waals surface area contributed by atoms with Gasteiger partial charge in [0.15, 0.2) is 5.96 Å². The van der Waals surface area contributed by atoms with Crippen LogP contribution >= 0.6 is 24.0 Å². The first-order chi connectivity index (χ1) is 14.2. The molecule has 0 saturated carbocycles. The second-order valence-electron chi connectivity index (χ2n) is 7.64. The fourth-order valence-electron chi connectivity index (χ4n) is 3.89. The minimum Gasteiger partial charge on any atom is -0.370 e. The van der Waals surface area contributed by atoms with Crippen LogP contribution in [0.4, 0.5) is 5.82 Å². The Morgan fingerprint density at radius 1 is 1.23 bits per heavy atom. The van der Waals surface area contributed by atoms with Gasteiger partial charge in [-0.1, -0.05) is 6.07 Å². The van der Waals surface area contributed by atoms with Crippen LogP contribution in [0.15, 0.2) is 35.7 Å². The minimum absolute atomic E-state index is 0. The Morgan fingerprint density at radius 2 is 2.07 bits per heavy atom. The van der Waals surface area contributed by atoms with Crippen molar-refractivity contribution >= 4 is 35.8 Å². The molecule has 2 aromatic heterocycles. The highest BCUT2D eigenvalue weighted by Crippen LogP contribution is 2.22. The zero-order valence-corrected chi connectivity index (χ0v) is 20.2. The molecule has 0 bridgehead atoms. The second kappa shape index (κ2) is 10.9. The molecule has 4 rings (SSSR count).